The zero-order valence-corrected chi connectivity index (χ0v) is 11.3. The lowest BCUT2D eigenvalue weighted by Crippen LogP contribution is -2.24. The van der Waals surface area contributed by atoms with Crippen LogP contribution in [-0.2, 0) is 9.53 Å². The molecule has 0 amide bonds. The molecule has 4 heteroatoms. The molecule has 0 atom stereocenters. The Balaban J connectivity index is 2.56. The molecule has 0 unspecified atom stereocenters. The summed E-state index contributed by atoms with van der Waals surface area (Å²) >= 11 is 5.23. The maximum Gasteiger partial charge on any atom is 0.304 e. The Bertz CT molecular complexity index is 391. The molecule has 0 fully saturated rings. The van der Waals surface area contributed by atoms with Crippen molar-refractivity contribution in [3.63, 3.8) is 0 Å². The van der Waals surface area contributed by atoms with E-state index in [1.54, 1.807) is 0 Å². The van der Waals surface area contributed by atoms with E-state index >= 15 is 0 Å². The van der Waals surface area contributed by atoms with Crippen molar-refractivity contribution < 1.29 is 14.6 Å². The first kappa shape index (κ1) is 13.9. The number of ether oxygens (including phenoxy) is 1. The van der Waals surface area contributed by atoms with Crippen molar-refractivity contribution in [1.29, 1.82) is 0 Å². The van der Waals surface area contributed by atoms with Crippen LogP contribution in [0, 0.1) is 5.41 Å². The second-order valence-electron chi connectivity index (χ2n) is 5.17. The molecule has 0 aliphatic heterocycles. The molecule has 0 heterocycles. The molecule has 0 saturated heterocycles. The van der Waals surface area contributed by atoms with Crippen molar-refractivity contribution in [2.24, 2.45) is 5.41 Å². The minimum Gasteiger partial charge on any atom is -0.492 e. The molecule has 0 aromatic rings. The van der Waals surface area contributed by atoms with Gasteiger partial charge in [-0.3, -0.25) is 4.79 Å². The summed E-state index contributed by atoms with van der Waals surface area (Å²) in [6.07, 6.45) is 4.68. The molecule has 0 bridgehead atoms. The summed E-state index contributed by atoms with van der Waals surface area (Å²) in [5.41, 5.74) is 0.825. The van der Waals surface area contributed by atoms with E-state index in [-0.39, 0.29) is 6.42 Å². The number of hydrogen-bond donors (Lipinski definition) is 1. The highest BCUT2D eigenvalue weighted by Gasteiger charge is 2.24. The highest BCUT2D eigenvalue weighted by atomic mass is 32.1. The van der Waals surface area contributed by atoms with Gasteiger partial charge >= 0.3 is 5.97 Å². The third kappa shape index (κ3) is 4.69. The Morgan fingerprint density at radius 2 is 2.18 bits per heavy atom. The maximum atomic E-state index is 10.7. The number of rotatable bonds is 5. The summed E-state index contributed by atoms with van der Waals surface area (Å²) in [4.78, 5) is 11.5. The molecule has 1 rings (SSSR count). The number of allylic oxidation sites excluding steroid dienone is 4. The van der Waals surface area contributed by atoms with Crippen molar-refractivity contribution in [3.05, 3.63) is 23.5 Å². The number of aliphatic carboxylic acids is 1. The largest absolute Gasteiger partial charge is 0.492 e. The lowest BCUT2D eigenvalue weighted by molar-refractivity contribution is -0.139. The average Bonchev–Trinajstić information content (AvgIpc) is 2.14. The first-order valence-corrected chi connectivity index (χ1v) is 5.96. The minimum atomic E-state index is -0.811. The average molecular weight is 254 g/mol. The highest BCUT2D eigenvalue weighted by molar-refractivity contribution is 7.80. The third-order valence-electron chi connectivity index (χ3n) is 2.48. The maximum absolute atomic E-state index is 10.7. The van der Waals surface area contributed by atoms with Gasteiger partial charge in [0.1, 0.15) is 5.76 Å². The summed E-state index contributed by atoms with van der Waals surface area (Å²) in [5, 5.41) is 8.77. The zero-order chi connectivity index (χ0) is 13.1. The van der Waals surface area contributed by atoms with Crippen LogP contribution < -0.4 is 0 Å². The predicted octanol–water partition coefficient (Wildman–Crippen LogP) is 3.11. The van der Waals surface area contributed by atoms with E-state index < -0.39 is 11.4 Å². The fraction of sp³-hybridized carbons (Fsp3) is 0.538. The van der Waals surface area contributed by atoms with Crippen LogP contribution in [-0.4, -0.2) is 22.5 Å². The molecule has 0 saturated carbocycles. The van der Waals surface area contributed by atoms with Gasteiger partial charge in [0, 0.05) is 11.8 Å². The molecule has 1 N–H and O–H groups in total. The van der Waals surface area contributed by atoms with Gasteiger partial charge in [0.15, 0.2) is 0 Å². The summed E-state index contributed by atoms with van der Waals surface area (Å²) < 4.78 is 5.62. The van der Waals surface area contributed by atoms with E-state index in [0.717, 1.165) is 11.3 Å². The molecular weight excluding hydrogens is 236 g/mol. The number of carboxylic acids is 1. The molecular formula is C13H18O3S. The fourth-order valence-corrected chi connectivity index (χ4v) is 1.93. The molecule has 0 radical (unpaired) electrons. The van der Waals surface area contributed by atoms with Crippen LogP contribution in [0.2, 0.25) is 0 Å². The number of hydrogen-bond acceptors (Lipinski definition) is 3. The van der Waals surface area contributed by atoms with E-state index in [4.69, 9.17) is 22.1 Å². The SMILES string of the molecule is CC1=CC=C(OCC(C)(C)CC(=O)O)C(=S)C1. The molecule has 94 valence electrons. The lowest BCUT2D eigenvalue weighted by Gasteiger charge is -2.24. The third-order valence-corrected chi connectivity index (χ3v) is 2.83. The van der Waals surface area contributed by atoms with E-state index in [1.165, 1.54) is 5.57 Å². The smallest absolute Gasteiger partial charge is 0.304 e. The first-order valence-electron chi connectivity index (χ1n) is 5.55. The van der Waals surface area contributed by atoms with E-state index in [2.05, 4.69) is 0 Å². The van der Waals surface area contributed by atoms with Gasteiger partial charge in [-0.2, -0.15) is 0 Å². The van der Waals surface area contributed by atoms with Gasteiger partial charge in [0.25, 0.3) is 0 Å². The number of carboxylic acid groups (broad SMARTS) is 1. The zero-order valence-electron chi connectivity index (χ0n) is 10.4. The Kier molecular flexibility index (Phi) is 4.46. The van der Waals surface area contributed by atoms with E-state index in [9.17, 15) is 4.79 Å². The van der Waals surface area contributed by atoms with Crippen LogP contribution in [0.3, 0.4) is 0 Å². The van der Waals surface area contributed by atoms with Crippen molar-refractivity contribution in [1.82, 2.24) is 0 Å². The normalized spacial score (nSPS) is 16.3. The van der Waals surface area contributed by atoms with Crippen LogP contribution in [0.5, 0.6) is 0 Å². The standard InChI is InChI=1S/C13H18O3S/c1-9-4-5-10(11(17)6-9)16-8-13(2,3)7-12(14)15/h4-5H,6-8H2,1-3H3,(H,14,15). The highest BCUT2D eigenvalue weighted by Crippen LogP contribution is 2.24. The van der Waals surface area contributed by atoms with Gasteiger partial charge in [-0.05, 0) is 13.0 Å². The van der Waals surface area contributed by atoms with Crippen molar-refractivity contribution >= 4 is 23.1 Å². The molecule has 1 aliphatic carbocycles. The fourth-order valence-electron chi connectivity index (χ4n) is 1.57. The van der Waals surface area contributed by atoms with Crippen molar-refractivity contribution in [2.45, 2.75) is 33.6 Å². The molecule has 17 heavy (non-hydrogen) atoms. The second kappa shape index (κ2) is 5.45. The quantitative estimate of drug-likeness (QED) is 0.766. The minimum absolute atomic E-state index is 0.0852. The predicted molar refractivity (Wildman–Crippen MR) is 71.0 cm³/mol. The van der Waals surface area contributed by atoms with E-state index in [1.807, 2.05) is 32.9 Å². The monoisotopic (exact) mass is 254 g/mol. The van der Waals surface area contributed by atoms with Gasteiger partial charge in [-0.1, -0.05) is 37.7 Å². The van der Waals surface area contributed by atoms with Crippen molar-refractivity contribution in [3.8, 4) is 0 Å². The Morgan fingerprint density at radius 1 is 1.53 bits per heavy atom. The Hall–Kier alpha value is -1.16. The topological polar surface area (TPSA) is 46.5 Å². The molecule has 0 spiro atoms. The number of thiocarbonyl (C=S) groups is 1. The van der Waals surface area contributed by atoms with Crippen LogP contribution >= 0.6 is 12.2 Å². The Morgan fingerprint density at radius 3 is 2.71 bits per heavy atom. The second-order valence-corrected chi connectivity index (χ2v) is 5.66. The van der Waals surface area contributed by atoms with Crippen LogP contribution in [0.4, 0.5) is 0 Å². The summed E-state index contributed by atoms with van der Waals surface area (Å²) in [5.74, 6) is -0.112. The first-order chi connectivity index (χ1) is 7.80. The van der Waals surface area contributed by atoms with E-state index in [0.29, 0.717) is 12.4 Å². The molecule has 1 aliphatic rings. The number of carbonyl (C=O) groups is 1. The molecule has 0 aromatic carbocycles. The summed E-state index contributed by atoms with van der Waals surface area (Å²) in [7, 11) is 0. The lowest BCUT2D eigenvalue weighted by atomic mass is 9.90. The molecule has 0 aromatic heterocycles. The molecule has 3 nitrogen and oxygen atoms in total. The summed E-state index contributed by atoms with van der Waals surface area (Å²) in [6.45, 7) is 6.12. The van der Waals surface area contributed by atoms with Crippen LogP contribution in [0.15, 0.2) is 23.5 Å². The Labute approximate surface area is 107 Å². The van der Waals surface area contributed by atoms with Gasteiger partial charge in [-0.25, -0.2) is 0 Å². The van der Waals surface area contributed by atoms with Crippen LogP contribution in [0.1, 0.15) is 33.6 Å². The summed E-state index contributed by atoms with van der Waals surface area (Å²) in [6, 6.07) is 0. The van der Waals surface area contributed by atoms with Crippen molar-refractivity contribution in [2.75, 3.05) is 6.61 Å². The van der Waals surface area contributed by atoms with Crippen LogP contribution in [0.25, 0.3) is 0 Å². The van der Waals surface area contributed by atoms with Gasteiger partial charge in [0.05, 0.1) is 17.9 Å². The van der Waals surface area contributed by atoms with Gasteiger partial charge in [0.2, 0.25) is 0 Å². The van der Waals surface area contributed by atoms with Gasteiger partial charge < -0.3 is 9.84 Å². The van der Waals surface area contributed by atoms with Gasteiger partial charge in [-0.15, -0.1) is 0 Å².